The molecular weight excluding hydrogens is 256 g/mol. The van der Waals surface area contributed by atoms with E-state index in [1.807, 2.05) is 6.92 Å². The topological polar surface area (TPSA) is 79.3 Å². The number of rotatable bonds is 6. The molecule has 1 heterocycles. The average Bonchev–Trinajstić information content (AvgIpc) is 2.35. The molecule has 5 nitrogen and oxygen atoms in total. The number of hydrogen-bond acceptors (Lipinski definition) is 3. The summed E-state index contributed by atoms with van der Waals surface area (Å²) in [5.74, 6) is -0.863. The molecule has 5 heteroatoms. The van der Waals surface area contributed by atoms with E-state index in [1.165, 1.54) is 12.3 Å². The highest BCUT2D eigenvalue weighted by molar-refractivity contribution is 5.97. The molecule has 20 heavy (non-hydrogen) atoms. The molecule has 0 aromatic carbocycles. The van der Waals surface area contributed by atoms with Gasteiger partial charge in [0.25, 0.3) is 5.91 Å². The number of amides is 1. The van der Waals surface area contributed by atoms with E-state index in [4.69, 9.17) is 5.11 Å². The van der Waals surface area contributed by atoms with Crippen molar-refractivity contribution in [3.63, 3.8) is 0 Å². The van der Waals surface area contributed by atoms with Gasteiger partial charge in [0, 0.05) is 23.9 Å². The van der Waals surface area contributed by atoms with Gasteiger partial charge in [0.1, 0.15) is 5.69 Å². The van der Waals surface area contributed by atoms with Crippen LogP contribution in [0.3, 0.4) is 0 Å². The number of aliphatic carboxylic acids is 1. The predicted molar refractivity (Wildman–Crippen MR) is 77.3 cm³/mol. The maximum Gasteiger partial charge on any atom is 0.328 e. The first-order valence-corrected chi connectivity index (χ1v) is 6.57. The first-order valence-electron chi connectivity index (χ1n) is 6.57. The molecule has 0 fully saturated rings. The monoisotopic (exact) mass is 276 g/mol. The highest BCUT2D eigenvalue weighted by atomic mass is 16.4. The molecule has 0 aliphatic rings. The van der Waals surface area contributed by atoms with Gasteiger partial charge in [0.05, 0.1) is 0 Å². The highest BCUT2D eigenvalue weighted by Gasteiger charge is 2.14. The molecule has 0 saturated heterocycles. The minimum atomic E-state index is -1.06. The second kappa shape index (κ2) is 7.43. The molecule has 1 unspecified atom stereocenters. The van der Waals surface area contributed by atoms with Gasteiger partial charge in [-0.2, -0.15) is 0 Å². The summed E-state index contributed by atoms with van der Waals surface area (Å²) >= 11 is 0. The van der Waals surface area contributed by atoms with Gasteiger partial charge in [-0.3, -0.25) is 9.78 Å². The molecule has 1 amide bonds. The zero-order valence-electron chi connectivity index (χ0n) is 12.0. The van der Waals surface area contributed by atoms with Gasteiger partial charge in [0.15, 0.2) is 0 Å². The van der Waals surface area contributed by atoms with Crippen molar-refractivity contribution in [2.24, 2.45) is 5.92 Å². The molecule has 0 aliphatic carbocycles. The maximum atomic E-state index is 12.1. The van der Waals surface area contributed by atoms with Gasteiger partial charge in [-0.05, 0) is 31.4 Å². The number of carbonyl (C=O) groups is 2. The first-order chi connectivity index (χ1) is 9.40. The SMILES string of the molecule is CC(C)CC(C)NC(=O)c1ncccc1/C=C/C(=O)O. The molecule has 0 spiro atoms. The second-order valence-electron chi connectivity index (χ2n) is 5.12. The van der Waals surface area contributed by atoms with Gasteiger partial charge in [-0.25, -0.2) is 4.79 Å². The van der Waals surface area contributed by atoms with Gasteiger partial charge in [-0.1, -0.05) is 19.9 Å². The Labute approximate surface area is 118 Å². The zero-order valence-corrected chi connectivity index (χ0v) is 12.0. The lowest BCUT2D eigenvalue weighted by atomic mass is 10.0. The number of hydrogen-bond donors (Lipinski definition) is 2. The molecule has 0 saturated carbocycles. The third-order valence-corrected chi connectivity index (χ3v) is 2.66. The Kier molecular flexibility index (Phi) is 5.90. The van der Waals surface area contributed by atoms with Crippen molar-refractivity contribution in [2.45, 2.75) is 33.2 Å². The van der Waals surface area contributed by atoms with Crippen molar-refractivity contribution < 1.29 is 14.7 Å². The average molecular weight is 276 g/mol. The Balaban J connectivity index is 2.85. The maximum absolute atomic E-state index is 12.1. The van der Waals surface area contributed by atoms with Crippen LogP contribution in [-0.2, 0) is 4.79 Å². The van der Waals surface area contributed by atoms with Crippen molar-refractivity contribution in [3.05, 3.63) is 35.7 Å². The van der Waals surface area contributed by atoms with Gasteiger partial charge in [-0.15, -0.1) is 0 Å². The number of carboxylic acids is 1. The quantitative estimate of drug-likeness (QED) is 0.782. The van der Waals surface area contributed by atoms with Crippen LogP contribution in [-0.4, -0.2) is 28.0 Å². The largest absolute Gasteiger partial charge is 0.478 e. The fourth-order valence-corrected chi connectivity index (χ4v) is 1.96. The Morgan fingerprint density at radius 3 is 2.70 bits per heavy atom. The van der Waals surface area contributed by atoms with Crippen LogP contribution in [0.2, 0.25) is 0 Å². The van der Waals surface area contributed by atoms with E-state index >= 15 is 0 Å². The summed E-state index contributed by atoms with van der Waals surface area (Å²) < 4.78 is 0. The third kappa shape index (κ3) is 5.22. The fraction of sp³-hybridized carbons (Fsp3) is 0.400. The summed E-state index contributed by atoms with van der Waals surface area (Å²) in [5.41, 5.74) is 0.727. The van der Waals surface area contributed by atoms with Gasteiger partial charge in [0.2, 0.25) is 0 Å². The number of carbonyl (C=O) groups excluding carboxylic acids is 1. The molecule has 2 N–H and O–H groups in total. The molecule has 108 valence electrons. The summed E-state index contributed by atoms with van der Waals surface area (Å²) in [6.07, 6.45) is 4.75. The van der Waals surface area contributed by atoms with E-state index in [0.29, 0.717) is 11.5 Å². The molecule has 0 aliphatic heterocycles. The minimum Gasteiger partial charge on any atom is -0.478 e. The molecule has 1 aromatic rings. The number of nitrogens with zero attached hydrogens (tertiary/aromatic N) is 1. The van der Waals surface area contributed by atoms with Crippen LogP contribution in [0.25, 0.3) is 6.08 Å². The van der Waals surface area contributed by atoms with E-state index in [1.54, 1.807) is 12.1 Å². The van der Waals surface area contributed by atoms with E-state index in [9.17, 15) is 9.59 Å². The Morgan fingerprint density at radius 2 is 2.10 bits per heavy atom. The fourth-order valence-electron chi connectivity index (χ4n) is 1.96. The van der Waals surface area contributed by atoms with Crippen molar-refractivity contribution in [1.82, 2.24) is 10.3 Å². The highest BCUT2D eigenvalue weighted by Crippen LogP contribution is 2.10. The lowest BCUT2D eigenvalue weighted by molar-refractivity contribution is -0.131. The summed E-state index contributed by atoms with van der Waals surface area (Å²) in [6.45, 7) is 6.11. The van der Waals surface area contributed by atoms with Gasteiger partial charge < -0.3 is 10.4 Å². The molecule has 1 aromatic heterocycles. The van der Waals surface area contributed by atoms with Crippen LogP contribution in [0, 0.1) is 5.92 Å². The summed E-state index contributed by atoms with van der Waals surface area (Å²) in [7, 11) is 0. The first kappa shape index (κ1) is 15.9. The Hall–Kier alpha value is -2.17. The number of pyridine rings is 1. The van der Waals surface area contributed by atoms with E-state index in [0.717, 1.165) is 12.5 Å². The summed E-state index contributed by atoms with van der Waals surface area (Å²) in [5, 5.41) is 11.5. The normalized spacial score (nSPS) is 12.6. The van der Waals surface area contributed by atoms with E-state index < -0.39 is 5.97 Å². The summed E-state index contributed by atoms with van der Waals surface area (Å²) in [6, 6.07) is 3.37. The minimum absolute atomic E-state index is 0.0424. The van der Waals surface area contributed by atoms with Crippen molar-refractivity contribution in [1.29, 1.82) is 0 Å². The van der Waals surface area contributed by atoms with Crippen molar-refractivity contribution >= 4 is 18.0 Å². The molecule has 0 bridgehead atoms. The second-order valence-corrected chi connectivity index (χ2v) is 5.12. The van der Waals surface area contributed by atoms with Crippen molar-refractivity contribution in [3.8, 4) is 0 Å². The number of aromatic nitrogens is 1. The lowest BCUT2D eigenvalue weighted by Crippen LogP contribution is -2.34. The number of carboxylic acid groups (broad SMARTS) is 1. The Morgan fingerprint density at radius 1 is 1.40 bits per heavy atom. The van der Waals surface area contributed by atoms with Crippen LogP contribution >= 0.6 is 0 Å². The zero-order chi connectivity index (χ0) is 15.1. The van der Waals surface area contributed by atoms with E-state index in [-0.39, 0.29) is 17.6 Å². The molecule has 0 radical (unpaired) electrons. The van der Waals surface area contributed by atoms with Crippen LogP contribution in [0.5, 0.6) is 0 Å². The van der Waals surface area contributed by atoms with Crippen LogP contribution in [0.4, 0.5) is 0 Å². The van der Waals surface area contributed by atoms with Crippen LogP contribution in [0.1, 0.15) is 43.2 Å². The van der Waals surface area contributed by atoms with Gasteiger partial charge >= 0.3 is 5.97 Å². The molecule has 1 atom stereocenters. The smallest absolute Gasteiger partial charge is 0.328 e. The van der Waals surface area contributed by atoms with Crippen LogP contribution in [0.15, 0.2) is 24.4 Å². The lowest BCUT2D eigenvalue weighted by Gasteiger charge is -2.16. The van der Waals surface area contributed by atoms with E-state index in [2.05, 4.69) is 24.1 Å². The van der Waals surface area contributed by atoms with Crippen molar-refractivity contribution in [2.75, 3.05) is 0 Å². The molecule has 1 rings (SSSR count). The third-order valence-electron chi connectivity index (χ3n) is 2.66. The standard InChI is InChI=1S/C15H20N2O3/c1-10(2)9-11(3)17-15(20)14-12(5-4-8-16-14)6-7-13(18)19/h4-8,10-11H,9H2,1-3H3,(H,17,20)(H,18,19)/b7-6+. The Bertz CT molecular complexity index is 510. The number of nitrogens with one attached hydrogen (secondary N) is 1. The van der Waals surface area contributed by atoms with Crippen LogP contribution < -0.4 is 5.32 Å². The molecular formula is C15H20N2O3. The predicted octanol–water partition coefficient (Wildman–Crippen LogP) is 2.34. The summed E-state index contributed by atoms with van der Waals surface area (Å²) in [4.78, 5) is 26.7.